The molecular formula is C20H27N7O4S2. The van der Waals surface area contributed by atoms with Crippen LogP contribution in [-0.4, -0.2) is 63.5 Å². The van der Waals surface area contributed by atoms with Crippen LogP contribution < -0.4 is 0 Å². The fourth-order valence-corrected chi connectivity index (χ4v) is 5.73. The predicted molar refractivity (Wildman–Crippen MR) is 123 cm³/mol. The van der Waals surface area contributed by atoms with Crippen LogP contribution in [0.4, 0.5) is 0 Å². The van der Waals surface area contributed by atoms with Crippen LogP contribution in [0.25, 0.3) is 11.3 Å². The lowest BCUT2D eigenvalue weighted by Gasteiger charge is -2.06. The topological polar surface area (TPSA) is 142 Å². The minimum absolute atomic E-state index is 0.182. The number of aromatic nitrogens is 7. The molecule has 0 aliphatic rings. The maximum atomic E-state index is 11.7. The van der Waals surface area contributed by atoms with Crippen LogP contribution in [0, 0.1) is 48.5 Å². The zero-order valence-corrected chi connectivity index (χ0v) is 21.7. The second-order valence-electron chi connectivity index (χ2n) is 8.07. The summed E-state index contributed by atoms with van der Waals surface area (Å²) in [5, 5.41) is 8.39. The van der Waals surface area contributed by atoms with E-state index < -0.39 is 19.7 Å². The smallest absolute Gasteiger partial charge is 0.181 e. The van der Waals surface area contributed by atoms with Gasteiger partial charge in [0.25, 0.3) is 0 Å². The molecule has 178 valence electrons. The highest BCUT2D eigenvalue weighted by Crippen LogP contribution is 2.23. The van der Waals surface area contributed by atoms with Gasteiger partial charge < -0.3 is 0 Å². The monoisotopic (exact) mass is 493 g/mol. The Morgan fingerprint density at radius 3 is 1.55 bits per heavy atom. The van der Waals surface area contributed by atoms with Gasteiger partial charge in [-0.1, -0.05) is 0 Å². The van der Waals surface area contributed by atoms with Crippen LogP contribution in [0.3, 0.4) is 0 Å². The van der Waals surface area contributed by atoms with E-state index in [0.717, 1.165) is 23.2 Å². The molecule has 4 heterocycles. The van der Waals surface area contributed by atoms with Crippen molar-refractivity contribution in [2.75, 3.05) is 12.5 Å². The first-order valence-electron chi connectivity index (χ1n) is 9.97. The van der Waals surface area contributed by atoms with Crippen LogP contribution in [0.15, 0.2) is 9.79 Å². The van der Waals surface area contributed by atoms with Crippen LogP contribution in [0.1, 0.15) is 40.0 Å². The zero-order chi connectivity index (χ0) is 25.0. The second-order valence-corrected chi connectivity index (χ2v) is 12.0. The first-order chi connectivity index (χ1) is 15.0. The minimum Gasteiger partial charge on any atom is -0.232 e. The molecule has 33 heavy (non-hydrogen) atoms. The van der Waals surface area contributed by atoms with E-state index in [2.05, 4.69) is 25.1 Å². The predicted octanol–water partition coefficient (Wildman–Crippen LogP) is 1.82. The number of sulfone groups is 2. The second kappa shape index (κ2) is 8.13. The van der Waals surface area contributed by atoms with Gasteiger partial charge in [-0.15, -0.1) is 0 Å². The molecular weight excluding hydrogens is 466 g/mol. The Morgan fingerprint density at radius 1 is 0.606 bits per heavy atom. The number of hydrogen-bond donors (Lipinski definition) is 0. The highest BCUT2D eigenvalue weighted by Gasteiger charge is 2.23. The SMILES string of the molecule is Cc1nc(C)n2nc(C)c(S(C)(=O)=O)c2n1.Cc1nc2c(S(C)(=O)=O)c(C)nn2c(C)c1C. The largest absolute Gasteiger partial charge is 0.232 e. The van der Waals surface area contributed by atoms with E-state index in [0.29, 0.717) is 34.3 Å². The van der Waals surface area contributed by atoms with Gasteiger partial charge in [0.1, 0.15) is 21.4 Å². The summed E-state index contributed by atoms with van der Waals surface area (Å²) in [5.74, 6) is 1.16. The van der Waals surface area contributed by atoms with Gasteiger partial charge in [0.05, 0.1) is 11.4 Å². The standard InChI is InChI=1S/C11H15N3O2S.C9H12N4O2S/c1-6-7(2)12-11-10(17(5,15)16)8(3)13-14(11)9(6)4;1-5-8(16(4,14)15)9-11-6(2)10-7(3)13(9)12-5/h1-5H3;1-4H3. The Kier molecular flexibility index (Phi) is 6.09. The van der Waals surface area contributed by atoms with Crippen LogP contribution in [-0.2, 0) is 19.7 Å². The Balaban J connectivity index is 0.000000186. The van der Waals surface area contributed by atoms with Gasteiger partial charge in [-0.05, 0) is 54.0 Å². The molecule has 0 unspecified atom stereocenters. The molecule has 0 spiro atoms. The van der Waals surface area contributed by atoms with Gasteiger partial charge in [0.15, 0.2) is 31.0 Å². The molecule has 0 bridgehead atoms. The lowest BCUT2D eigenvalue weighted by molar-refractivity contribution is 0.600. The van der Waals surface area contributed by atoms with E-state index in [1.54, 1.807) is 32.2 Å². The lowest BCUT2D eigenvalue weighted by Crippen LogP contribution is -2.04. The van der Waals surface area contributed by atoms with E-state index in [-0.39, 0.29) is 9.79 Å². The van der Waals surface area contributed by atoms with Crippen LogP contribution in [0.5, 0.6) is 0 Å². The molecule has 0 fully saturated rings. The Labute approximate surface area is 192 Å². The van der Waals surface area contributed by atoms with E-state index in [1.165, 1.54) is 10.8 Å². The summed E-state index contributed by atoms with van der Waals surface area (Å²) in [5.41, 5.74) is 4.50. The minimum atomic E-state index is -3.32. The van der Waals surface area contributed by atoms with E-state index >= 15 is 0 Å². The van der Waals surface area contributed by atoms with Gasteiger partial charge >= 0.3 is 0 Å². The van der Waals surface area contributed by atoms with Gasteiger partial charge in [0, 0.05) is 23.9 Å². The number of nitrogens with zero attached hydrogens (tertiary/aromatic N) is 7. The average Bonchev–Trinajstić information content (AvgIpc) is 3.16. The van der Waals surface area contributed by atoms with Crippen molar-refractivity contribution in [1.82, 2.24) is 34.2 Å². The fourth-order valence-electron chi connectivity index (χ4n) is 3.65. The van der Waals surface area contributed by atoms with Gasteiger partial charge in [-0.25, -0.2) is 36.3 Å². The van der Waals surface area contributed by atoms with E-state index in [4.69, 9.17) is 0 Å². The molecule has 11 nitrogen and oxygen atoms in total. The van der Waals surface area contributed by atoms with Crippen molar-refractivity contribution >= 4 is 31.0 Å². The summed E-state index contributed by atoms with van der Waals surface area (Å²) >= 11 is 0. The summed E-state index contributed by atoms with van der Waals surface area (Å²) in [7, 11) is -6.63. The number of aryl methyl sites for hydroxylation is 6. The fraction of sp³-hybridized carbons (Fsp3) is 0.450. The molecule has 0 saturated heterocycles. The van der Waals surface area contributed by atoms with E-state index in [1.807, 2.05) is 20.8 Å². The Hall–Kier alpha value is -2.93. The maximum Gasteiger partial charge on any atom is 0.181 e. The average molecular weight is 494 g/mol. The third kappa shape index (κ3) is 4.47. The summed E-state index contributed by atoms with van der Waals surface area (Å²) in [6, 6.07) is 0. The molecule has 0 aromatic carbocycles. The third-order valence-corrected chi connectivity index (χ3v) is 7.72. The first kappa shape index (κ1) is 24.7. The zero-order valence-electron chi connectivity index (χ0n) is 20.1. The van der Waals surface area contributed by atoms with Crippen molar-refractivity contribution in [1.29, 1.82) is 0 Å². The molecule has 0 saturated carbocycles. The summed E-state index contributed by atoms with van der Waals surface area (Å²) in [6.45, 7) is 12.6. The molecule has 0 aliphatic heterocycles. The normalized spacial score (nSPS) is 12.3. The molecule has 4 rings (SSSR count). The highest BCUT2D eigenvalue weighted by molar-refractivity contribution is 7.91. The van der Waals surface area contributed by atoms with Gasteiger partial charge in [-0.2, -0.15) is 14.7 Å². The summed E-state index contributed by atoms with van der Waals surface area (Å²) in [4.78, 5) is 13.0. The molecule has 4 aromatic heterocycles. The first-order valence-corrected chi connectivity index (χ1v) is 13.8. The van der Waals surface area contributed by atoms with Crippen LogP contribution in [0.2, 0.25) is 0 Å². The quantitative estimate of drug-likeness (QED) is 0.408. The molecule has 0 atom stereocenters. The van der Waals surface area contributed by atoms with Crippen LogP contribution >= 0.6 is 0 Å². The van der Waals surface area contributed by atoms with Crippen molar-refractivity contribution in [3.63, 3.8) is 0 Å². The lowest BCUT2D eigenvalue weighted by atomic mass is 10.2. The third-order valence-electron chi connectivity index (χ3n) is 5.28. The molecule has 0 amide bonds. The summed E-state index contributed by atoms with van der Waals surface area (Å²) in [6.07, 6.45) is 2.34. The molecule has 0 aliphatic carbocycles. The van der Waals surface area contributed by atoms with E-state index in [9.17, 15) is 16.8 Å². The summed E-state index contributed by atoms with van der Waals surface area (Å²) < 4.78 is 49.8. The highest BCUT2D eigenvalue weighted by atomic mass is 32.2. The van der Waals surface area contributed by atoms with Gasteiger partial charge in [0.2, 0.25) is 0 Å². The number of hydrogen-bond acceptors (Lipinski definition) is 9. The molecule has 0 N–H and O–H groups in total. The van der Waals surface area contributed by atoms with Crippen molar-refractivity contribution < 1.29 is 16.8 Å². The molecule has 4 aromatic rings. The number of fused-ring (bicyclic) bond motifs is 2. The molecule has 13 heteroatoms. The molecule has 0 radical (unpaired) electrons. The van der Waals surface area contributed by atoms with Crippen molar-refractivity contribution in [2.24, 2.45) is 0 Å². The van der Waals surface area contributed by atoms with Crippen molar-refractivity contribution in [2.45, 2.75) is 58.3 Å². The van der Waals surface area contributed by atoms with Crippen molar-refractivity contribution in [3.05, 3.63) is 40.0 Å². The maximum absolute atomic E-state index is 11.7. The van der Waals surface area contributed by atoms with Crippen molar-refractivity contribution in [3.8, 4) is 0 Å². The number of rotatable bonds is 2. The van der Waals surface area contributed by atoms with Gasteiger partial charge in [-0.3, -0.25) is 0 Å². The Morgan fingerprint density at radius 2 is 1.06 bits per heavy atom. The Bertz CT molecular complexity index is 1630.